The standard InChI is InChI=1S/C22H40N6OS.HI/c1-4-21-26-20(17-30-21)16-27-8-6-19(7-9-27)15-25-22(23-5-2)24-14-18(3)28-10-12-29-13-11-28;/h17-19H,4-16H2,1-3H3,(H2,23,24,25);1H. The van der Waals surface area contributed by atoms with Crippen LogP contribution in [0.5, 0.6) is 0 Å². The van der Waals surface area contributed by atoms with E-state index >= 15 is 0 Å². The third-order valence-electron chi connectivity index (χ3n) is 6.08. The predicted octanol–water partition coefficient (Wildman–Crippen LogP) is 2.81. The summed E-state index contributed by atoms with van der Waals surface area (Å²) < 4.78 is 5.46. The molecule has 2 saturated heterocycles. The van der Waals surface area contributed by atoms with Crippen LogP contribution in [0.25, 0.3) is 0 Å². The smallest absolute Gasteiger partial charge is 0.191 e. The number of hydrogen-bond donors (Lipinski definition) is 2. The van der Waals surface area contributed by atoms with Crippen LogP contribution >= 0.6 is 35.3 Å². The van der Waals surface area contributed by atoms with Gasteiger partial charge in [0, 0.05) is 44.1 Å². The summed E-state index contributed by atoms with van der Waals surface area (Å²) in [5.74, 6) is 1.66. The Morgan fingerprint density at radius 3 is 2.61 bits per heavy atom. The van der Waals surface area contributed by atoms with Gasteiger partial charge in [0.15, 0.2) is 5.96 Å². The number of morpholine rings is 1. The minimum absolute atomic E-state index is 0. The number of ether oxygens (including phenoxy) is 1. The third kappa shape index (κ3) is 9.11. The Balaban J connectivity index is 0.00000341. The molecule has 1 aromatic rings. The van der Waals surface area contributed by atoms with Gasteiger partial charge in [-0.1, -0.05) is 6.92 Å². The topological polar surface area (TPSA) is 65.0 Å². The maximum absolute atomic E-state index is 5.46. The second-order valence-corrected chi connectivity index (χ2v) is 9.35. The summed E-state index contributed by atoms with van der Waals surface area (Å²) >= 11 is 1.79. The van der Waals surface area contributed by atoms with Crippen LogP contribution in [-0.2, 0) is 17.7 Å². The van der Waals surface area contributed by atoms with Crippen molar-refractivity contribution < 1.29 is 4.74 Å². The number of aromatic nitrogens is 1. The van der Waals surface area contributed by atoms with E-state index in [-0.39, 0.29) is 24.0 Å². The first-order valence-electron chi connectivity index (χ1n) is 11.7. The molecule has 0 aromatic carbocycles. The first kappa shape index (κ1) is 26.8. The first-order valence-corrected chi connectivity index (χ1v) is 12.6. The SMILES string of the molecule is CCNC(=NCC(C)N1CCOCC1)NCC1CCN(Cc2csc(CC)n2)CC1.I. The number of nitrogens with one attached hydrogen (secondary N) is 2. The monoisotopic (exact) mass is 564 g/mol. The van der Waals surface area contributed by atoms with E-state index in [2.05, 4.69) is 46.6 Å². The van der Waals surface area contributed by atoms with Crippen molar-refractivity contribution in [2.24, 2.45) is 10.9 Å². The maximum Gasteiger partial charge on any atom is 0.191 e. The lowest BCUT2D eigenvalue weighted by Gasteiger charge is -2.32. The van der Waals surface area contributed by atoms with Crippen molar-refractivity contribution in [2.45, 2.75) is 52.6 Å². The molecule has 0 aliphatic carbocycles. The highest BCUT2D eigenvalue weighted by Crippen LogP contribution is 2.19. The summed E-state index contributed by atoms with van der Waals surface area (Å²) in [6, 6.07) is 0.450. The first-order chi connectivity index (χ1) is 14.7. The van der Waals surface area contributed by atoms with Gasteiger partial charge in [0.25, 0.3) is 0 Å². The number of thiazole rings is 1. The summed E-state index contributed by atoms with van der Waals surface area (Å²) in [5.41, 5.74) is 1.24. The quantitative estimate of drug-likeness (QED) is 0.273. The number of aryl methyl sites for hydroxylation is 1. The normalized spacial score (nSPS) is 20.3. The Hall–Kier alpha value is -0.490. The number of guanidine groups is 1. The molecule has 0 spiro atoms. The summed E-state index contributed by atoms with van der Waals surface area (Å²) in [7, 11) is 0. The fourth-order valence-electron chi connectivity index (χ4n) is 4.10. The molecule has 9 heteroatoms. The summed E-state index contributed by atoms with van der Waals surface area (Å²) in [4.78, 5) is 14.6. The second kappa shape index (κ2) is 14.6. The average Bonchev–Trinajstić information content (AvgIpc) is 3.24. The lowest BCUT2D eigenvalue weighted by Crippen LogP contribution is -2.45. The van der Waals surface area contributed by atoms with Gasteiger partial charge in [0.1, 0.15) is 0 Å². The Kier molecular flexibility index (Phi) is 12.6. The number of nitrogens with zero attached hydrogens (tertiary/aromatic N) is 4. The molecule has 1 unspecified atom stereocenters. The number of rotatable bonds is 9. The van der Waals surface area contributed by atoms with Crippen molar-refractivity contribution in [1.82, 2.24) is 25.4 Å². The zero-order valence-corrected chi connectivity index (χ0v) is 22.6. The summed E-state index contributed by atoms with van der Waals surface area (Å²) in [5, 5.41) is 10.5. The largest absolute Gasteiger partial charge is 0.379 e. The highest BCUT2D eigenvalue weighted by molar-refractivity contribution is 14.0. The van der Waals surface area contributed by atoms with Gasteiger partial charge in [-0.2, -0.15) is 0 Å². The van der Waals surface area contributed by atoms with E-state index in [0.717, 1.165) is 78.0 Å². The van der Waals surface area contributed by atoms with Crippen LogP contribution in [0.3, 0.4) is 0 Å². The van der Waals surface area contributed by atoms with E-state index in [1.54, 1.807) is 11.3 Å². The zero-order valence-electron chi connectivity index (χ0n) is 19.4. The van der Waals surface area contributed by atoms with Gasteiger partial charge in [0.2, 0.25) is 0 Å². The lowest BCUT2D eigenvalue weighted by molar-refractivity contribution is 0.0220. The van der Waals surface area contributed by atoms with Crippen molar-refractivity contribution in [2.75, 3.05) is 59.0 Å². The number of halogens is 1. The van der Waals surface area contributed by atoms with Crippen LogP contribution in [0.15, 0.2) is 10.4 Å². The van der Waals surface area contributed by atoms with Crippen LogP contribution in [-0.4, -0.2) is 85.8 Å². The molecule has 0 amide bonds. The lowest BCUT2D eigenvalue weighted by atomic mass is 9.97. The molecule has 0 radical (unpaired) electrons. The van der Waals surface area contributed by atoms with E-state index in [1.807, 2.05) is 0 Å². The zero-order chi connectivity index (χ0) is 21.2. The van der Waals surface area contributed by atoms with E-state index in [9.17, 15) is 0 Å². The highest BCUT2D eigenvalue weighted by atomic mass is 127. The number of hydrogen-bond acceptors (Lipinski definition) is 6. The number of likely N-dealkylation sites (tertiary alicyclic amines) is 1. The molecule has 3 rings (SSSR count). The maximum atomic E-state index is 5.46. The Labute approximate surface area is 209 Å². The van der Waals surface area contributed by atoms with E-state index in [1.165, 1.54) is 23.5 Å². The van der Waals surface area contributed by atoms with Crippen molar-refractivity contribution in [3.63, 3.8) is 0 Å². The summed E-state index contributed by atoms with van der Waals surface area (Å²) in [6.07, 6.45) is 3.52. The van der Waals surface area contributed by atoms with Crippen LogP contribution in [0.2, 0.25) is 0 Å². The minimum atomic E-state index is 0. The van der Waals surface area contributed by atoms with E-state index < -0.39 is 0 Å². The highest BCUT2D eigenvalue weighted by Gasteiger charge is 2.21. The third-order valence-corrected chi connectivity index (χ3v) is 7.12. The number of piperidine rings is 1. The molecule has 178 valence electrons. The molecule has 2 aliphatic rings. The van der Waals surface area contributed by atoms with E-state index in [4.69, 9.17) is 14.7 Å². The molecule has 7 nitrogen and oxygen atoms in total. The Bertz CT molecular complexity index is 644. The van der Waals surface area contributed by atoms with Gasteiger partial charge >= 0.3 is 0 Å². The summed E-state index contributed by atoms with van der Waals surface area (Å²) in [6.45, 7) is 16.3. The molecule has 31 heavy (non-hydrogen) atoms. The molecular formula is C22H41IN6OS. The molecule has 2 aliphatic heterocycles. The van der Waals surface area contributed by atoms with Crippen LogP contribution < -0.4 is 10.6 Å². The van der Waals surface area contributed by atoms with Crippen LogP contribution in [0, 0.1) is 5.92 Å². The molecular weight excluding hydrogens is 523 g/mol. The molecule has 2 N–H and O–H groups in total. The van der Waals surface area contributed by atoms with Crippen molar-refractivity contribution in [3.05, 3.63) is 16.1 Å². The Morgan fingerprint density at radius 1 is 1.23 bits per heavy atom. The van der Waals surface area contributed by atoms with Gasteiger partial charge < -0.3 is 15.4 Å². The van der Waals surface area contributed by atoms with Gasteiger partial charge in [-0.3, -0.25) is 14.8 Å². The van der Waals surface area contributed by atoms with Crippen molar-refractivity contribution in [1.29, 1.82) is 0 Å². The van der Waals surface area contributed by atoms with Crippen molar-refractivity contribution in [3.8, 4) is 0 Å². The fraction of sp³-hybridized carbons (Fsp3) is 0.818. The van der Waals surface area contributed by atoms with Gasteiger partial charge in [-0.15, -0.1) is 35.3 Å². The predicted molar refractivity (Wildman–Crippen MR) is 141 cm³/mol. The minimum Gasteiger partial charge on any atom is -0.379 e. The van der Waals surface area contributed by atoms with E-state index in [0.29, 0.717) is 12.0 Å². The molecule has 0 bridgehead atoms. The molecule has 3 heterocycles. The van der Waals surface area contributed by atoms with Gasteiger partial charge in [-0.05, 0) is 52.1 Å². The van der Waals surface area contributed by atoms with Gasteiger partial charge in [0.05, 0.1) is 30.5 Å². The second-order valence-electron chi connectivity index (χ2n) is 8.40. The Morgan fingerprint density at radius 2 is 1.97 bits per heavy atom. The molecule has 0 saturated carbocycles. The molecule has 2 fully saturated rings. The molecule has 1 aromatic heterocycles. The van der Waals surface area contributed by atoms with Gasteiger partial charge in [-0.25, -0.2) is 4.98 Å². The van der Waals surface area contributed by atoms with Crippen molar-refractivity contribution >= 4 is 41.3 Å². The van der Waals surface area contributed by atoms with Crippen LogP contribution in [0.1, 0.15) is 44.3 Å². The number of aliphatic imine (C=N–C) groups is 1. The van der Waals surface area contributed by atoms with Crippen LogP contribution in [0.4, 0.5) is 0 Å². The average molecular weight is 565 g/mol. The fourth-order valence-corrected chi connectivity index (χ4v) is 4.84. The molecule has 1 atom stereocenters.